The largest absolute Gasteiger partial charge is 0.380 e. The van der Waals surface area contributed by atoms with E-state index in [0.29, 0.717) is 24.9 Å². The topological polar surface area (TPSA) is 60.2 Å². The Morgan fingerprint density at radius 2 is 1.73 bits per heavy atom. The van der Waals surface area contributed by atoms with E-state index < -0.39 is 6.10 Å². The van der Waals surface area contributed by atoms with Gasteiger partial charge in [0.25, 0.3) is 0 Å². The first-order valence-electron chi connectivity index (χ1n) is 7.18. The molecule has 1 N–H and O–H groups in total. The first kappa shape index (κ1) is 13.2. The molecule has 2 heterocycles. The minimum Gasteiger partial charge on any atom is -0.380 e. The number of fused-ring (bicyclic) bond motifs is 3. The second kappa shape index (κ2) is 5.36. The molecule has 1 aliphatic rings. The lowest BCUT2D eigenvalue weighted by Crippen LogP contribution is -2.11. The number of aromatic nitrogens is 3. The molecule has 3 aromatic rings. The lowest BCUT2D eigenvalue weighted by atomic mass is 10.1. The van der Waals surface area contributed by atoms with Gasteiger partial charge in [0, 0.05) is 5.56 Å². The molecule has 1 unspecified atom stereocenters. The van der Waals surface area contributed by atoms with Gasteiger partial charge in [-0.05, 0) is 11.6 Å². The van der Waals surface area contributed by atoms with Crippen molar-refractivity contribution in [1.82, 2.24) is 14.8 Å². The van der Waals surface area contributed by atoms with E-state index in [1.807, 2.05) is 59.2 Å². The highest BCUT2D eigenvalue weighted by atomic mass is 16.5. The molecule has 22 heavy (non-hydrogen) atoms. The second-order valence-corrected chi connectivity index (χ2v) is 5.24. The summed E-state index contributed by atoms with van der Waals surface area (Å²) in [5.74, 6) is 1.22. The number of aliphatic hydroxyl groups excluding tert-OH is 1. The summed E-state index contributed by atoms with van der Waals surface area (Å²) in [6.07, 6.45) is -0.825. The smallest absolute Gasteiger partial charge is 0.171 e. The Labute approximate surface area is 127 Å². The molecule has 1 aliphatic heterocycles. The van der Waals surface area contributed by atoms with E-state index in [4.69, 9.17) is 4.74 Å². The zero-order valence-corrected chi connectivity index (χ0v) is 11.9. The molecular formula is C17H15N3O2. The molecule has 0 spiro atoms. The molecule has 5 nitrogen and oxygen atoms in total. The van der Waals surface area contributed by atoms with E-state index >= 15 is 0 Å². The standard InChI is InChI=1S/C17H15N3O2/c21-16(12-6-2-1-3-7-12)17-19-18-15-11-22-10-13-8-4-5-9-14(13)20(15)17/h1-9,16,21H,10-11H2. The number of aliphatic hydroxyl groups is 1. The van der Waals surface area contributed by atoms with Crippen molar-refractivity contribution in [3.63, 3.8) is 0 Å². The molecule has 2 aromatic carbocycles. The number of para-hydroxylation sites is 1. The molecule has 0 bridgehead atoms. The van der Waals surface area contributed by atoms with Crippen LogP contribution in [0.25, 0.3) is 5.69 Å². The molecule has 110 valence electrons. The third-order valence-corrected chi connectivity index (χ3v) is 3.84. The van der Waals surface area contributed by atoms with Crippen molar-refractivity contribution in [2.24, 2.45) is 0 Å². The fourth-order valence-corrected chi connectivity index (χ4v) is 2.75. The SMILES string of the molecule is OC(c1ccccc1)c1nnc2n1-c1ccccc1COC2. The van der Waals surface area contributed by atoms with Crippen molar-refractivity contribution in [2.75, 3.05) is 0 Å². The third kappa shape index (κ3) is 2.11. The molecule has 5 heteroatoms. The van der Waals surface area contributed by atoms with E-state index in [1.54, 1.807) is 0 Å². The van der Waals surface area contributed by atoms with Crippen molar-refractivity contribution in [3.05, 3.63) is 77.4 Å². The highest BCUT2D eigenvalue weighted by Gasteiger charge is 2.24. The zero-order chi connectivity index (χ0) is 14.9. The van der Waals surface area contributed by atoms with Crippen LogP contribution in [-0.4, -0.2) is 19.9 Å². The minimum atomic E-state index is -0.825. The van der Waals surface area contributed by atoms with Crippen LogP contribution in [0.5, 0.6) is 0 Å². The molecule has 0 saturated heterocycles. The normalized spacial score (nSPS) is 14.8. The van der Waals surface area contributed by atoms with Gasteiger partial charge >= 0.3 is 0 Å². The predicted molar refractivity (Wildman–Crippen MR) is 80.4 cm³/mol. The Hall–Kier alpha value is -2.50. The van der Waals surface area contributed by atoms with Gasteiger partial charge in [0.1, 0.15) is 12.7 Å². The Balaban J connectivity index is 1.87. The van der Waals surface area contributed by atoms with Crippen molar-refractivity contribution in [1.29, 1.82) is 0 Å². The quantitative estimate of drug-likeness (QED) is 0.788. The first-order valence-corrected chi connectivity index (χ1v) is 7.18. The number of ether oxygens (including phenoxy) is 1. The van der Waals surface area contributed by atoms with Gasteiger partial charge < -0.3 is 9.84 Å². The van der Waals surface area contributed by atoms with Crippen LogP contribution in [-0.2, 0) is 18.0 Å². The van der Waals surface area contributed by atoms with Crippen LogP contribution >= 0.6 is 0 Å². The van der Waals surface area contributed by atoms with Gasteiger partial charge in [0.05, 0.1) is 12.3 Å². The number of hydrogen-bond donors (Lipinski definition) is 1. The predicted octanol–water partition coefficient (Wildman–Crippen LogP) is 2.38. The molecule has 0 radical (unpaired) electrons. The van der Waals surface area contributed by atoms with Crippen molar-refractivity contribution >= 4 is 0 Å². The summed E-state index contributed by atoms with van der Waals surface area (Å²) in [5.41, 5.74) is 2.81. The van der Waals surface area contributed by atoms with Crippen LogP contribution in [0.1, 0.15) is 28.9 Å². The highest BCUT2D eigenvalue weighted by molar-refractivity contribution is 5.44. The summed E-state index contributed by atoms with van der Waals surface area (Å²) in [5, 5.41) is 19.1. The summed E-state index contributed by atoms with van der Waals surface area (Å²) in [7, 11) is 0. The summed E-state index contributed by atoms with van der Waals surface area (Å²) in [6, 6.07) is 17.4. The Bertz CT molecular complexity index is 799. The number of hydrogen-bond acceptors (Lipinski definition) is 4. The zero-order valence-electron chi connectivity index (χ0n) is 11.9. The van der Waals surface area contributed by atoms with Gasteiger partial charge in [-0.3, -0.25) is 4.57 Å². The molecule has 0 saturated carbocycles. The molecular weight excluding hydrogens is 278 g/mol. The summed E-state index contributed by atoms with van der Waals surface area (Å²) >= 11 is 0. The van der Waals surface area contributed by atoms with Gasteiger partial charge in [0.2, 0.25) is 0 Å². The monoisotopic (exact) mass is 293 g/mol. The molecule has 0 aliphatic carbocycles. The van der Waals surface area contributed by atoms with E-state index in [1.165, 1.54) is 0 Å². The minimum absolute atomic E-state index is 0.378. The average molecular weight is 293 g/mol. The van der Waals surface area contributed by atoms with Crippen molar-refractivity contribution < 1.29 is 9.84 Å². The lowest BCUT2D eigenvalue weighted by molar-refractivity contribution is 0.105. The molecule has 1 atom stereocenters. The Morgan fingerprint density at radius 3 is 2.59 bits per heavy atom. The van der Waals surface area contributed by atoms with Gasteiger partial charge in [-0.15, -0.1) is 10.2 Å². The van der Waals surface area contributed by atoms with Gasteiger partial charge in [-0.25, -0.2) is 0 Å². The maximum atomic E-state index is 10.7. The van der Waals surface area contributed by atoms with Crippen LogP contribution in [0.15, 0.2) is 54.6 Å². The molecule has 4 rings (SSSR count). The number of benzene rings is 2. The van der Waals surface area contributed by atoms with E-state index in [0.717, 1.165) is 16.8 Å². The maximum absolute atomic E-state index is 10.7. The lowest BCUT2D eigenvalue weighted by Gasteiger charge is -2.14. The highest BCUT2D eigenvalue weighted by Crippen LogP contribution is 2.28. The van der Waals surface area contributed by atoms with Crippen LogP contribution in [0.2, 0.25) is 0 Å². The van der Waals surface area contributed by atoms with Crippen LogP contribution in [0.4, 0.5) is 0 Å². The summed E-state index contributed by atoms with van der Waals surface area (Å²) in [4.78, 5) is 0. The van der Waals surface area contributed by atoms with Gasteiger partial charge in [-0.1, -0.05) is 48.5 Å². The van der Waals surface area contributed by atoms with Crippen LogP contribution < -0.4 is 0 Å². The van der Waals surface area contributed by atoms with E-state index in [2.05, 4.69) is 10.2 Å². The fraction of sp³-hybridized carbons (Fsp3) is 0.176. The van der Waals surface area contributed by atoms with Crippen LogP contribution in [0.3, 0.4) is 0 Å². The van der Waals surface area contributed by atoms with Crippen LogP contribution in [0, 0.1) is 0 Å². The fourth-order valence-electron chi connectivity index (χ4n) is 2.75. The molecule has 0 fully saturated rings. The summed E-state index contributed by atoms with van der Waals surface area (Å²) in [6.45, 7) is 0.906. The third-order valence-electron chi connectivity index (χ3n) is 3.84. The Kier molecular flexibility index (Phi) is 3.21. The average Bonchev–Trinajstić information content (AvgIpc) is 2.90. The first-order chi connectivity index (χ1) is 10.8. The van der Waals surface area contributed by atoms with Gasteiger partial charge in [-0.2, -0.15) is 0 Å². The Morgan fingerprint density at radius 1 is 0.955 bits per heavy atom. The van der Waals surface area contributed by atoms with E-state index in [9.17, 15) is 5.11 Å². The van der Waals surface area contributed by atoms with Crippen molar-refractivity contribution in [3.8, 4) is 5.69 Å². The summed E-state index contributed by atoms with van der Waals surface area (Å²) < 4.78 is 7.54. The second-order valence-electron chi connectivity index (χ2n) is 5.24. The van der Waals surface area contributed by atoms with E-state index in [-0.39, 0.29) is 0 Å². The van der Waals surface area contributed by atoms with Crippen molar-refractivity contribution in [2.45, 2.75) is 19.3 Å². The van der Waals surface area contributed by atoms with Gasteiger partial charge in [0.15, 0.2) is 11.6 Å². The number of rotatable bonds is 2. The molecule has 1 aromatic heterocycles. The number of nitrogens with zero attached hydrogens (tertiary/aromatic N) is 3. The maximum Gasteiger partial charge on any atom is 0.171 e. The molecule has 0 amide bonds.